The van der Waals surface area contributed by atoms with Crippen molar-refractivity contribution in [3.05, 3.63) is 35.4 Å². The van der Waals surface area contributed by atoms with Crippen LogP contribution in [0.4, 0.5) is 8.78 Å². The summed E-state index contributed by atoms with van der Waals surface area (Å²) in [6, 6.07) is 4.66. The molecule has 112 valence electrons. The topological polar surface area (TPSA) is 29.3 Å². The monoisotopic (exact) mass is 282 g/mol. The molecule has 0 saturated heterocycles. The van der Waals surface area contributed by atoms with Crippen LogP contribution < -0.4 is 5.73 Å². The standard InChI is InChI=1S/C16H24F2N2/c1-11(12-7-8-14(17)15(18)9-12)20(2)16-6-4-3-5-13(16)10-19/h7-9,11,13,16H,3-6,10,19H2,1-2H3. The Labute approximate surface area is 120 Å². The van der Waals surface area contributed by atoms with E-state index >= 15 is 0 Å². The Kier molecular flexibility index (Phi) is 5.11. The van der Waals surface area contributed by atoms with Crippen molar-refractivity contribution >= 4 is 0 Å². The normalized spacial score (nSPS) is 24.9. The van der Waals surface area contributed by atoms with E-state index in [2.05, 4.69) is 11.9 Å². The van der Waals surface area contributed by atoms with Crippen molar-refractivity contribution in [2.45, 2.75) is 44.7 Å². The summed E-state index contributed by atoms with van der Waals surface area (Å²) in [5.41, 5.74) is 6.69. The number of benzene rings is 1. The third kappa shape index (κ3) is 3.18. The Bertz CT molecular complexity index is 450. The van der Waals surface area contributed by atoms with Gasteiger partial charge in [0.1, 0.15) is 0 Å². The second kappa shape index (κ2) is 6.64. The summed E-state index contributed by atoms with van der Waals surface area (Å²) in [7, 11) is 2.06. The predicted molar refractivity (Wildman–Crippen MR) is 77.3 cm³/mol. The summed E-state index contributed by atoms with van der Waals surface area (Å²) in [4.78, 5) is 2.27. The second-order valence-corrected chi connectivity index (χ2v) is 5.86. The molecule has 0 spiro atoms. The Morgan fingerprint density at radius 1 is 1.25 bits per heavy atom. The molecule has 0 amide bonds. The molecule has 0 heterocycles. The maximum absolute atomic E-state index is 13.4. The van der Waals surface area contributed by atoms with E-state index in [1.807, 2.05) is 6.92 Å². The van der Waals surface area contributed by atoms with Crippen LogP contribution in [0.2, 0.25) is 0 Å². The molecule has 1 aromatic rings. The molecule has 0 aromatic heterocycles. The summed E-state index contributed by atoms with van der Waals surface area (Å²) in [6.45, 7) is 2.73. The average Bonchev–Trinajstić information content (AvgIpc) is 2.48. The number of hydrogen-bond acceptors (Lipinski definition) is 2. The van der Waals surface area contributed by atoms with E-state index in [1.54, 1.807) is 6.07 Å². The quantitative estimate of drug-likeness (QED) is 0.916. The highest BCUT2D eigenvalue weighted by Crippen LogP contribution is 2.32. The molecule has 2 rings (SSSR count). The van der Waals surface area contributed by atoms with Crippen LogP contribution >= 0.6 is 0 Å². The van der Waals surface area contributed by atoms with Crippen molar-refractivity contribution < 1.29 is 8.78 Å². The van der Waals surface area contributed by atoms with Crippen LogP contribution in [0.5, 0.6) is 0 Å². The number of nitrogens with zero attached hydrogens (tertiary/aromatic N) is 1. The molecule has 0 radical (unpaired) electrons. The van der Waals surface area contributed by atoms with Crippen LogP contribution in [0.15, 0.2) is 18.2 Å². The number of hydrogen-bond donors (Lipinski definition) is 1. The maximum Gasteiger partial charge on any atom is 0.159 e. The summed E-state index contributed by atoms with van der Waals surface area (Å²) < 4.78 is 26.4. The van der Waals surface area contributed by atoms with E-state index < -0.39 is 11.6 Å². The lowest BCUT2D eigenvalue weighted by Gasteiger charge is -2.40. The van der Waals surface area contributed by atoms with Crippen LogP contribution in [-0.2, 0) is 0 Å². The molecule has 1 aliphatic carbocycles. The van der Waals surface area contributed by atoms with Gasteiger partial charge in [0.15, 0.2) is 11.6 Å². The Morgan fingerprint density at radius 2 is 1.95 bits per heavy atom. The summed E-state index contributed by atoms with van der Waals surface area (Å²) in [6.07, 6.45) is 4.75. The summed E-state index contributed by atoms with van der Waals surface area (Å²) >= 11 is 0. The van der Waals surface area contributed by atoms with Gasteiger partial charge in [-0.2, -0.15) is 0 Å². The number of nitrogens with two attached hydrogens (primary N) is 1. The molecule has 1 aromatic carbocycles. The van der Waals surface area contributed by atoms with Gasteiger partial charge in [-0.05, 0) is 57.0 Å². The van der Waals surface area contributed by atoms with Crippen molar-refractivity contribution in [3.63, 3.8) is 0 Å². The lowest BCUT2D eigenvalue weighted by Crippen LogP contribution is -2.44. The lowest BCUT2D eigenvalue weighted by molar-refractivity contribution is 0.0987. The highest BCUT2D eigenvalue weighted by atomic mass is 19.2. The van der Waals surface area contributed by atoms with Crippen LogP contribution in [0, 0.1) is 17.6 Å². The third-order valence-corrected chi connectivity index (χ3v) is 4.73. The van der Waals surface area contributed by atoms with Crippen molar-refractivity contribution in [1.82, 2.24) is 4.90 Å². The molecule has 1 saturated carbocycles. The van der Waals surface area contributed by atoms with E-state index in [4.69, 9.17) is 5.73 Å². The Balaban J connectivity index is 2.14. The van der Waals surface area contributed by atoms with Gasteiger partial charge < -0.3 is 5.73 Å². The molecule has 2 nitrogen and oxygen atoms in total. The van der Waals surface area contributed by atoms with Crippen molar-refractivity contribution in [1.29, 1.82) is 0 Å². The van der Waals surface area contributed by atoms with Gasteiger partial charge in [0.2, 0.25) is 0 Å². The molecule has 3 atom stereocenters. The molecule has 3 unspecified atom stereocenters. The molecular weight excluding hydrogens is 258 g/mol. The van der Waals surface area contributed by atoms with E-state index in [0.717, 1.165) is 18.4 Å². The van der Waals surface area contributed by atoms with Gasteiger partial charge in [0.05, 0.1) is 0 Å². The minimum absolute atomic E-state index is 0.0576. The highest BCUT2D eigenvalue weighted by molar-refractivity contribution is 5.21. The average molecular weight is 282 g/mol. The SMILES string of the molecule is CC(c1ccc(F)c(F)c1)N(C)C1CCCCC1CN. The van der Waals surface area contributed by atoms with Crippen LogP contribution in [0.25, 0.3) is 0 Å². The van der Waals surface area contributed by atoms with Gasteiger partial charge in [-0.25, -0.2) is 8.78 Å². The molecule has 0 bridgehead atoms. The molecule has 1 aliphatic rings. The number of rotatable bonds is 4. The van der Waals surface area contributed by atoms with E-state index in [-0.39, 0.29) is 6.04 Å². The molecule has 1 fully saturated rings. The zero-order valence-electron chi connectivity index (χ0n) is 12.3. The second-order valence-electron chi connectivity index (χ2n) is 5.86. The van der Waals surface area contributed by atoms with Gasteiger partial charge in [-0.15, -0.1) is 0 Å². The van der Waals surface area contributed by atoms with Crippen molar-refractivity contribution in [3.8, 4) is 0 Å². The van der Waals surface area contributed by atoms with Gasteiger partial charge in [0, 0.05) is 12.1 Å². The van der Waals surface area contributed by atoms with Crippen molar-refractivity contribution in [2.24, 2.45) is 11.7 Å². The Morgan fingerprint density at radius 3 is 2.60 bits per heavy atom. The lowest BCUT2D eigenvalue weighted by atomic mass is 9.83. The zero-order valence-corrected chi connectivity index (χ0v) is 12.3. The Hall–Kier alpha value is -1.00. The molecule has 2 N–H and O–H groups in total. The van der Waals surface area contributed by atoms with E-state index in [0.29, 0.717) is 18.5 Å². The minimum Gasteiger partial charge on any atom is -0.330 e. The smallest absolute Gasteiger partial charge is 0.159 e. The predicted octanol–water partition coefficient (Wildman–Crippen LogP) is 3.48. The summed E-state index contributed by atoms with van der Waals surface area (Å²) in [5.74, 6) is -1.07. The van der Waals surface area contributed by atoms with Crippen LogP contribution in [-0.4, -0.2) is 24.5 Å². The van der Waals surface area contributed by atoms with Crippen LogP contribution in [0.3, 0.4) is 0 Å². The molecule has 0 aliphatic heterocycles. The van der Waals surface area contributed by atoms with E-state index in [1.165, 1.54) is 25.0 Å². The largest absolute Gasteiger partial charge is 0.330 e. The molecule has 20 heavy (non-hydrogen) atoms. The highest BCUT2D eigenvalue weighted by Gasteiger charge is 2.30. The first-order chi connectivity index (χ1) is 9.54. The number of halogens is 2. The zero-order chi connectivity index (χ0) is 14.7. The first-order valence-electron chi connectivity index (χ1n) is 7.41. The van der Waals surface area contributed by atoms with E-state index in [9.17, 15) is 8.78 Å². The minimum atomic E-state index is -0.791. The molecule has 4 heteroatoms. The summed E-state index contributed by atoms with van der Waals surface area (Å²) in [5, 5.41) is 0. The van der Waals surface area contributed by atoms with Crippen molar-refractivity contribution in [2.75, 3.05) is 13.6 Å². The van der Waals surface area contributed by atoms with Gasteiger partial charge in [0.25, 0.3) is 0 Å². The molecular formula is C16H24F2N2. The fourth-order valence-electron chi connectivity index (χ4n) is 3.29. The third-order valence-electron chi connectivity index (χ3n) is 4.73. The fraction of sp³-hybridized carbons (Fsp3) is 0.625. The first-order valence-corrected chi connectivity index (χ1v) is 7.41. The fourth-order valence-corrected chi connectivity index (χ4v) is 3.29. The van der Waals surface area contributed by atoms with Gasteiger partial charge >= 0.3 is 0 Å². The van der Waals surface area contributed by atoms with Gasteiger partial charge in [-0.1, -0.05) is 18.9 Å². The maximum atomic E-state index is 13.4. The van der Waals surface area contributed by atoms with Gasteiger partial charge in [-0.3, -0.25) is 4.90 Å². The van der Waals surface area contributed by atoms with Crippen LogP contribution in [0.1, 0.15) is 44.2 Å². The first kappa shape index (κ1) is 15.4.